The molecule has 3 unspecified atom stereocenters. The van der Waals surface area contributed by atoms with Gasteiger partial charge in [-0.2, -0.15) is 0 Å². The van der Waals surface area contributed by atoms with Gasteiger partial charge in [-0.3, -0.25) is 14.4 Å². The minimum atomic E-state index is -1.03. The number of amides is 2. The van der Waals surface area contributed by atoms with E-state index in [-0.39, 0.29) is 41.6 Å². The number of nitrogens with zero attached hydrogens (tertiary/aromatic N) is 2. The highest BCUT2D eigenvalue weighted by Gasteiger charge is 2.76. The van der Waals surface area contributed by atoms with Crippen LogP contribution in [0, 0.1) is 11.8 Å². The van der Waals surface area contributed by atoms with E-state index in [0.717, 1.165) is 0 Å². The highest BCUT2D eigenvalue weighted by atomic mass is 79.9. The molecule has 7 nitrogen and oxygen atoms in total. The van der Waals surface area contributed by atoms with Gasteiger partial charge in [0.1, 0.15) is 6.04 Å². The second-order valence-electron chi connectivity index (χ2n) is 7.97. The lowest BCUT2D eigenvalue weighted by atomic mass is 9.71. The van der Waals surface area contributed by atoms with Crippen molar-refractivity contribution < 1.29 is 24.6 Å². The van der Waals surface area contributed by atoms with Crippen molar-refractivity contribution in [2.24, 2.45) is 11.8 Å². The first-order chi connectivity index (χ1) is 14.8. The van der Waals surface area contributed by atoms with Crippen molar-refractivity contribution in [2.45, 2.75) is 27.3 Å². The number of carbonyl (C=O) groups excluding carboxylic acids is 2. The van der Waals surface area contributed by atoms with E-state index in [2.05, 4.69) is 22.5 Å². The number of carboxylic acids is 1. The van der Waals surface area contributed by atoms with E-state index in [9.17, 15) is 24.6 Å². The van der Waals surface area contributed by atoms with Crippen LogP contribution in [0.1, 0.15) is 6.42 Å². The number of aliphatic hydroxyl groups is 1. The molecule has 1 aromatic rings. The van der Waals surface area contributed by atoms with Gasteiger partial charge in [0.05, 0.1) is 23.2 Å². The minimum absolute atomic E-state index is 0.0272. The highest BCUT2D eigenvalue weighted by molar-refractivity contribution is 9.09. The number of likely N-dealkylation sites (tertiary alicyclic amines) is 1. The molecule has 0 aliphatic carbocycles. The van der Waals surface area contributed by atoms with Crippen molar-refractivity contribution in [2.75, 3.05) is 24.6 Å². The van der Waals surface area contributed by atoms with Crippen molar-refractivity contribution >= 4 is 62.8 Å². The molecule has 1 aromatic carbocycles. The number of aliphatic hydroxyl groups excluding tert-OH is 1. The average molecular weight is 530 g/mol. The molecule has 3 aliphatic rings. The number of carboxylic acid groups (broad SMARTS) is 1. The van der Waals surface area contributed by atoms with Crippen LogP contribution in [-0.2, 0) is 14.4 Å². The molecule has 4 rings (SSSR count). The van der Waals surface area contributed by atoms with Crippen molar-refractivity contribution in [3.05, 3.63) is 41.9 Å². The number of halogens is 2. The zero-order valence-corrected chi connectivity index (χ0v) is 19.6. The molecule has 1 spiro atoms. The number of β-amino-alcohol motifs (C(OH)–C–C–N with tert-alkyl or cyclic N) is 1. The largest absolute Gasteiger partial charge is 0.481 e. The van der Waals surface area contributed by atoms with Crippen molar-refractivity contribution in [3.8, 4) is 0 Å². The summed E-state index contributed by atoms with van der Waals surface area (Å²) in [4.78, 5) is 42.2. The monoisotopic (exact) mass is 528 g/mol. The van der Waals surface area contributed by atoms with Gasteiger partial charge in [0, 0.05) is 33.9 Å². The fraction of sp³-hybridized carbons (Fsp3) is 0.476. The Morgan fingerprint density at radius 1 is 1.39 bits per heavy atom. The van der Waals surface area contributed by atoms with Gasteiger partial charge in [-0.05, 0) is 30.7 Å². The molecule has 0 aromatic heterocycles. The smallest absolute Gasteiger partial charge is 0.308 e. The van der Waals surface area contributed by atoms with E-state index in [1.165, 1.54) is 21.6 Å². The Morgan fingerprint density at radius 2 is 2.06 bits per heavy atom. The zero-order valence-electron chi connectivity index (χ0n) is 16.5. The molecule has 3 fully saturated rings. The number of aliphatic carboxylic acids is 1. The van der Waals surface area contributed by atoms with Crippen LogP contribution in [0.3, 0.4) is 0 Å². The van der Waals surface area contributed by atoms with Crippen LogP contribution in [0.2, 0.25) is 5.02 Å². The normalized spacial score (nSPS) is 33.5. The Kier molecular flexibility index (Phi) is 6.15. The third kappa shape index (κ3) is 3.41. The Morgan fingerprint density at radius 3 is 2.65 bits per heavy atom. The number of alkyl halides is 1. The lowest BCUT2D eigenvalue weighted by Crippen LogP contribution is -2.56. The quantitative estimate of drug-likeness (QED) is 0.416. The van der Waals surface area contributed by atoms with Crippen LogP contribution >= 0.6 is 39.3 Å². The predicted octanol–water partition coefficient (Wildman–Crippen LogP) is 2.40. The number of hydrogen-bond donors (Lipinski definition) is 2. The standard InChI is InChI=1S/C21H22BrClN2O5S/c1-2-7-24(12-5-3-11(23)4-6-12)19(28)17-21-10-13(22)16(31-21)14(20(29)30)15(21)18(27)25(17)8-9-26/h2-6,13-17,26H,1,7-10H2,(H,29,30)/t13?,14-,15+,16-,17?,21?/m1/s1. The molecule has 2 amide bonds. The summed E-state index contributed by atoms with van der Waals surface area (Å²) in [5, 5.41) is 19.7. The van der Waals surface area contributed by atoms with Gasteiger partial charge < -0.3 is 20.0 Å². The van der Waals surface area contributed by atoms with Crippen LogP contribution in [-0.4, -0.2) is 73.5 Å². The number of anilines is 1. The molecule has 3 saturated heterocycles. The number of thioether (sulfide) groups is 1. The summed E-state index contributed by atoms with van der Waals surface area (Å²) in [7, 11) is 0. The average Bonchev–Trinajstić information content (AvgIpc) is 3.31. The van der Waals surface area contributed by atoms with E-state index >= 15 is 0 Å². The summed E-state index contributed by atoms with van der Waals surface area (Å²) in [5.41, 5.74) is 0.605. The molecule has 2 bridgehead atoms. The molecule has 31 heavy (non-hydrogen) atoms. The van der Waals surface area contributed by atoms with Crippen molar-refractivity contribution in [1.29, 1.82) is 0 Å². The predicted molar refractivity (Wildman–Crippen MR) is 123 cm³/mol. The SMILES string of the molecule is C=CCN(C(=O)C1N(CCO)C(=O)[C@@H]2[C@@H](C(=O)O)[C@@H]3SC12CC3Br)c1ccc(Cl)cc1. The summed E-state index contributed by atoms with van der Waals surface area (Å²) in [6.45, 7) is 3.62. The third-order valence-corrected chi connectivity index (χ3v) is 9.84. The maximum absolute atomic E-state index is 14.0. The molecule has 0 radical (unpaired) electrons. The first-order valence-electron chi connectivity index (χ1n) is 9.90. The van der Waals surface area contributed by atoms with Gasteiger partial charge in [-0.15, -0.1) is 18.3 Å². The second kappa shape index (κ2) is 8.42. The van der Waals surface area contributed by atoms with Gasteiger partial charge in [-0.1, -0.05) is 33.6 Å². The van der Waals surface area contributed by atoms with Crippen LogP contribution < -0.4 is 4.90 Å². The number of fused-ring (bicyclic) bond motifs is 1. The Labute approximate surface area is 197 Å². The molecule has 3 aliphatic heterocycles. The summed E-state index contributed by atoms with van der Waals surface area (Å²) in [6.07, 6.45) is 2.10. The summed E-state index contributed by atoms with van der Waals surface area (Å²) < 4.78 is -0.864. The Hall–Kier alpha value is -1.55. The lowest BCUT2D eigenvalue weighted by molar-refractivity contribution is -0.148. The molecule has 2 N–H and O–H groups in total. The summed E-state index contributed by atoms with van der Waals surface area (Å²) in [5.74, 6) is -3.39. The highest BCUT2D eigenvalue weighted by Crippen LogP contribution is 2.67. The first kappa shape index (κ1) is 22.6. The van der Waals surface area contributed by atoms with Crippen LogP contribution in [0.15, 0.2) is 36.9 Å². The van der Waals surface area contributed by atoms with Crippen molar-refractivity contribution in [1.82, 2.24) is 4.90 Å². The van der Waals surface area contributed by atoms with Gasteiger partial charge >= 0.3 is 5.97 Å². The molecular formula is C21H22BrClN2O5S. The van der Waals surface area contributed by atoms with Gasteiger partial charge in [0.2, 0.25) is 5.91 Å². The van der Waals surface area contributed by atoms with Gasteiger partial charge in [-0.25, -0.2) is 0 Å². The molecule has 0 saturated carbocycles. The summed E-state index contributed by atoms with van der Waals surface area (Å²) in [6, 6.07) is 5.92. The van der Waals surface area contributed by atoms with Gasteiger partial charge in [0.15, 0.2) is 0 Å². The number of hydrogen-bond acceptors (Lipinski definition) is 5. The minimum Gasteiger partial charge on any atom is -0.481 e. The van der Waals surface area contributed by atoms with E-state index in [4.69, 9.17) is 11.6 Å². The van der Waals surface area contributed by atoms with Crippen LogP contribution in [0.4, 0.5) is 5.69 Å². The molecule has 166 valence electrons. The lowest BCUT2D eigenvalue weighted by Gasteiger charge is -2.37. The van der Waals surface area contributed by atoms with E-state index in [0.29, 0.717) is 17.1 Å². The number of benzene rings is 1. The topological polar surface area (TPSA) is 98.2 Å². The van der Waals surface area contributed by atoms with Crippen LogP contribution in [0.25, 0.3) is 0 Å². The first-order valence-corrected chi connectivity index (χ1v) is 12.1. The second-order valence-corrected chi connectivity index (χ2v) is 11.1. The maximum Gasteiger partial charge on any atom is 0.308 e. The van der Waals surface area contributed by atoms with E-state index in [1.54, 1.807) is 30.3 Å². The number of rotatable bonds is 7. The number of carbonyl (C=O) groups is 3. The van der Waals surface area contributed by atoms with Crippen molar-refractivity contribution in [3.63, 3.8) is 0 Å². The molecule has 10 heteroatoms. The molecule has 6 atom stereocenters. The Bertz CT molecular complexity index is 931. The van der Waals surface area contributed by atoms with Crippen LogP contribution in [0.5, 0.6) is 0 Å². The maximum atomic E-state index is 14.0. The van der Waals surface area contributed by atoms with Gasteiger partial charge in [0.25, 0.3) is 5.91 Å². The van der Waals surface area contributed by atoms with E-state index in [1.807, 2.05) is 0 Å². The summed E-state index contributed by atoms with van der Waals surface area (Å²) >= 11 is 11.0. The third-order valence-electron chi connectivity index (χ3n) is 6.37. The fourth-order valence-corrected chi connectivity index (χ4v) is 8.99. The molecule has 3 heterocycles. The van der Waals surface area contributed by atoms with E-state index < -0.39 is 28.6 Å². The Balaban J connectivity index is 1.79. The zero-order chi connectivity index (χ0) is 22.5. The fourth-order valence-electron chi connectivity index (χ4n) is 5.26. The molecular weight excluding hydrogens is 508 g/mol.